The number of hydrogen-bond acceptors (Lipinski definition) is 3. The second kappa shape index (κ2) is 3.32. The Morgan fingerprint density at radius 3 is 2.90 bits per heavy atom. The third kappa shape index (κ3) is 1.94. The van der Waals surface area contributed by atoms with E-state index in [9.17, 15) is 0 Å². The molecule has 0 aromatic heterocycles. The van der Waals surface area contributed by atoms with Crippen molar-refractivity contribution in [2.24, 2.45) is 5.73 Å². The number of nitrogens with two attached hydrogens (primary N) is 1. The van der Waals surface area contributed by atoms with E-state index < -0.39 is 0 Å². The first-order valence-corrected chi connectivity index (χ1v) is 3.87. The molecule has 0 aromatic carbocycles. The molecule has 1 aliphatic heterocycles. The molecule has 1 fully saturated rings. The van der Waals surface area contributed by atoms with Crippen molar-refractivity contribution in [3.05, 3.63) is 0 Å². The van der Waals surface area contributed by atoms with Gasteiger partial charge in [0.15, 0.2) is 0 Å². The van der Waals surface area contributed by atoms with Crippen molar-refractivity contribution in [1.82, 2.24) is 5.32 Å². The van der Waals surface area contributed by atoms with E-state index in [-0.39, 0.29) is 12.1 Å². The molecule has 60 valence electrons. The summed E-state index contributed by atoms with van der Waals surface area (Å²) in [6, 6.07) is 0. The Bertz CT molecular complexity index is 97.8. The van der Waals surface area contributed by atoms with E-state index in [1.54, 1.807) is 0 Å². The molecule has 0 saturated carbocycles. The molecule has 0 bridgehead atoms. The van der Waals surface area contributed by atoms with E-state index in [4.69, 9.17) is 10.8 Å². The van der Waals surface area contributed by atoms with E-state index >= 15 is 0 Å². The molecular formula is C7H16N2O. The van der Waals surface area contributed by atoms with Crippen LogP contribution in [0.3, 0.4) is 0 Å². The van der Waals surface area contributed by atoms with Gasteiger partial charge in [0.25, 0.3) is 0 Å². The van der Waals surface area contributed by atoms with E-state index in [0.29, 0.717) is 0 Å². The minimum absolute atomic E-state index is 0.120. The molecular weight excluding hydrogens is 128 g/mol. The van der Waals surface area contributed by atoms with Crippen molar-refractivity contribution in [1.29, 1.82) is 0 Å². The number of rotatable bonds is 1. The topological polar surface area (TPSA) is 58.3 Å². The molecule has 1 aliphatic rings. The van der Waals surface area contributed by atoms with Crippen molar-refractivity contribution < 1.29 is 5.11 Å². The van der Waals surface area contributed by atoms with Gasteiger partial charge in [-0.25, -0.2) is 0 Å². The lowest BCUT2D eigenvalue weighted by Crippen LogP contribution is -2.44. The Kier molecular flexibility index (Phi) is 2.65. The predicted octanol–water partition coefficient (Wildman–Crippen LogP) is -0.550. The maximum Gasteiger partial charge on any atom is 0.0611 e. The van der Waals surface area contributed by atoms with Gasteiger partial charge in [-0.3, -0.25) is 0 Å². The molecule has 1 unspecified atom stereocenters. The molecule has 4 N–H and O–H groups in total. The Labute approximate surface area is 61.6 Å². The molecule has 3 heteroatoms. The third-order valence-corrected chi connectivity index (χ3v) is 2.14. The predicted molar refractivity (Wildman–Crippen MR) is 40.7 cm³/mol. The first-order chi connectivity index (χ1) is 4.77. The third-order valence-electron chi connectivity index (χ3n) is 2.14. The molecule has 1 saturated heterocycles. The van der Waals surface area contributed by atoms with Gasteiger partial charge in [-0.1, -0.05) is 0 Å². The van der Waals surface area contributed by atoms with Crippen LogP contribution >= 0.6 is 0 Å². The molecule has 1 heterocycles. The Morgan fingerprint density at radius 2 is 2.20 bits per heavy atom. The van der Waals surface area contributed by atoms with Crippen LogP contribution in [0.4, 0.5) is 0 Å². The standard InChI is InChI=1S/C7H16N2O/c8-7(6-10)2-1-4-9-5-3-7/h9-10H,1-6,8H2. The number of nitrogens with one attached hydrogen (secondary N) is 1. The first kappa shape index (κ1) is 7.98. The molecule has 1 rings (SSSR count). The van der Waals surface area contributed by atoms with E-state index in [1.165, 1.54) is 0 Å². The van der Waals surface area contributed by atoms with Crippen LogP contribution in [0.5, 0.6) is 0 Å². The van der Waals surface area contributed by atoms with E-state index in [2.05, 4.69) is 5.32 Å². The Morgan fingerprint density at radius 1 is 1.40 bits per heavy atom. The van der Waals surface area contributed by atoms with Gasteiger partial charge in [-0.2, -0.15) is 0 Å². The van der Waals surface area contributed by atoms with Crippen LogP contribution in [0.1, 0.15) is 19.3 Å². The zero-order chi connectivity index (χ0) is 7.45. The van der Waals surface area contributed by atoms with Gasteiger partial charge in [-0.05, 0) is 32.4 Å². The summed E-state index contributed by atoms with van der Waals surface area (Å²) in [5.41, 5.74) is 5.57. The minimum atomic E-state index is -0.302. The highest BCUT2D eigenvalue weighted by atomic mass is 16.3. The summed E-state index contributed by atoms with van der Waals surface area (Å²) < 4.78 is 0. The van der Waals surface area contributed by atoms with E-state index in [0.717, 1.165) is 32.4 Å². The largest absolute Gasteiger partial charge is 0.394 e. The van der Waals surface area contributed by atoms with Gasteiger partial charge < -0.3 is 16.2 Å². The summed E-state index contributed by atoms with van der Waals surface area (Å²) >= 11 is 0. The Hall–Kier alpha value is -0.120. The molecule has 0 aliphatic carbocycles. The van der Waals surface area contributed by atoms with Crippen LogP contribution in [-0.4, -0.2) is 30.3 Å². The highest BCUT2D eigenvalue weighted by Crippen LogP contribution is 2.14. The summed E-state index contributed by atoms with van der Waals surface area (Å²) in [4.78, 5) is 0. The van der Waals surface area contributed by atoms with Gasteiger partial charge in [-0.15, -0.1) is 0 Å². The van der Waals surface area contributed by atoms with Crippen LogP contribution in [0.2, 0.25) is 0 Å². The summed E-state index contributed by atoms with van der Waals surface area (Å²) in [7, 11) is 0. The average molecular weight is 144 g/mol. The number of aliphatic hydroxyl groups excluding tert-OH is 1. The fourth-order valence-corrected chi connectivity index (χ4v) is 1.31. The first-order valence-electron chi connectivity index (χ1n) is 3.87. The monoisotopic (exact) mass is 144 g/mol. The molecule has 0 amide bonds. The van der Waals surface area contributed by atoms with Crippen LogP contribution in [-0.2, 0) is 0 Å². The second-order valence-electron chi connectivity index (χ2n) is 3.12. The van der Waals surface area contributed by atoms with Crippen LogP contribution in [0.25, 0.3) is 0 Å². The maximum atomic E-state index is 8.92. The van der Waals surface area contributed by atoms with Crippen molar-refractivity contribution in [2.75, 3.05) is 19.7 Å². The highest BCUT2D eigenvalue weighted by Gasteiger charge is 2.24. The van der Waals surface area contributed by atoms with Gasteiger partial charge in [0.1, 0.15) is 0 Å². The fourth-order valence-electron chi connectivity index (χ4n) is 1.31. The van der Waals surface area contributed by atoms with Gasteiger partial charge in [0.2, 0.25) is 0 Å². The van der Waals surface area contributed by atoms with Crippen molar-refractivity contribution in [2.45, 2.75) is 24.8 Å². The van der Waals surface area contributed by atoms with Gasteiger partial charge in [0, 0.05) is 5.54 Å². The SMILES string of the molecule is NC1(CO)CCCNCC1. The molecule has 3 nitrogen and oxygen atoms in total. The molecule has 0 spiro atoms. The molecule has 10 heavy (non-hydrogen) atoms. The Balaban J connectivity index is 2.41. The normalized spacial score (nSPS) is 35.4. The lowest BCUT2D eigenvalue weighted by atomic mass is 9.93. The quantitative estimate of drug-likeness (QED) is 0.463. The van der Waals surface area contributed by atoms with Gasteiger partial charge in [0.05, 0.1) is 6.61 Å². The molecule has 0 radical (unpaired) electrons. The van der Waals surface area contributed by atoms with Gasteiger partial charge >= 0.3 is 0 Å². The van der Waals surface area contributed by atoms with Crippen molar-refractivity contribution in [3.63, 3.8) is 0 Å². The van der Waals surface area contributed by atoms with Crippen molar-refractivity contribution in [3.8, 4) is 0 Å². The second-order valence-corrected chi connectivity index (χ2v) is 3.12. The lowest BCUT2D eigenvalue weighted by Gasteiger charge is -2.24. The average Bonchev–Trinajstić information content (AvgIpc) is 2.15. The van der Waals surface area contributed by atoms with E-state index in [1.807, 2.05) is 0 Å². The highest BCUT2D eigenvalue weighted by molar-refractivity contribution is 4.86. The number of hydrogen-bond donors (Lipinski definition) is 3. The zero-order valence-corrected chi connectivity index (χ0v) is 6.27. The minimum Gasteiger partial charge on any atom is -0.394 e. The van der Waals surface area contributed by atoms with Crippen LogP contribution in [0, 0.1) is 0 Å². The summed E-state index contributed by atoms with van der Waals surface area (Å²) in [5, 5.41) is 12.2. The lowest BCUT2D eigenvalue weighted by molar-refractivity contribution is 0.183. The summed E-state index contributed by atoms with van der Waals surface area (Å²) in [6.07, 6.45) is 2.91. The smallest absolute Gasteiger partial charge is 0.0611 e. The fraction of sp³-hybridized carbons (Fsp3) is 1.00. The summed E-state index contributed by atoms with van der Waals surface area (Å²) in [5.74, 6) is 0. The maximum absolute atomic E-state index is 8.92. The molecule has 1 atom stereocenters. The number of aliphatic hydroxyl groups is 1. The molecule has 0 aromatic rings. The zero-order valence-electron chi connectivity index (χ0n) is 6.27. The van der Waals surface area contributed by atoms with Crippen LogP contribution < -0.4 is 11.1 Å². The van der Waals surface area contributed by atoms with Crippen LogP contribution in [0.15, 0.2) is 0 Å². The summed E-state index contributed by atoms with van der Waals surface area (Å²) in [6.45, 7) is 2.10. The van der Waals surface area contributed by atoms with Crippen molar-refractivity contribution >= 4 is 0 Å².